The van der Waals surface area contributed by atoms with Crippen molar-refractivity contribution in [2.24, 2.45) is 0 Å². The van der Waals surface area contributed by atoms with E-state index in [1.54, 1.807) is 18.2 Å². The van der Waals surface area contributed by atoms with Crippen LogP contribution in [0.15, 0.2) is 36.4 Å². The average molecular weight is 466 g/mol. The average Bonchev–Trinajstić information content (AvgIpc) is 2.83. The van der Waals surface area contributed by atoms with Crippen LogP contribution in [-0.4, -0.2) is 83.0 Å². The van der Waals surface area contributed by atoms with Crippen LogP contribution in [0.1, 0.15) is 15.9 Å². The molecular weight excluding hydrogens is 440 g/mol. The van der Waals surface area contributed by atoms with E-state index in [1.165, 1.54) is 32.4 Å². The molecule has 0 aromatic heterocycles. The summed E-state index contributed by atoms with van der Waals surface area (Å²) in [4.78, 5) is 12.8. The molecule has 11 nitrogen and oxygen atoms in total. The minimum atomic E-state index is -1.60. The third kappa shape index (κ3) is 5.13. The molecule has 0 spiro atoms. The highest BCUT2D eigenvalue weighted by Crippen LogP contribution is 2.37. The number of rotatable bonds is 8. The van der Waals surface area contributed by atoms with E-state index in [0.717, 1.165) is 0 Å². The van der Waals surface area contributed by atoms with Crippen molar-refractivity contribution in [2.45, 2.75) is 37.3 Å². The smallest absolute Gasteiger partial charge is 0.346 e. The van der Waals surface area contributed by atoms with Gasteiger partial charge < -0.3 is 49.2 Å². The van der Waals surface area contributed by atoms with Crippen molar-refractivity contribution in [3.63, 3.8) is 0 Å². The molecule has 0 unspecified atom stereocenters. The molecule has 2 aromatic rings. The molecule has 1 aliphatic rings. The highest BCUT2D eigenvalue weighted by atomic mass is 16.7. The molecule has 0 bridgehead atoms. The number of esters is 1. The van der Waals surface area contributed by atoms with Gasteiger partial charge in [0.1, 0.15) is 48.1 Å². The van der Waals surface area contributed by atoms with Crippen LogP contribution in [0.3, 0.4) is 0 Å². The number of phenols is 1. The fraction of sp³-hybridized carbons (Fsp3) is 0.409. The van der Waals surface area contributed by atoms with Gasteiger partial charge in [0.2, 0.25) is 6.29 Å². The zero-order valence-corrected chi connectivity index (χ0v) is 18.0. The van der Waals surface area contributed by atoms with Gasteiger partial charge in [-0.2, -0.15) is 0 Å². The molecule has 1 saturated heterocycles. The molecule has 33 heavy (non-hydrogen) atoms. The number of benzene rings is 2. The van der Waals surface area contributed by atoms with Gasteiger partial charge >= 0.3 is 5.97 Å². The van der Waals surface area contributed by atoms with Crippen LogP contribution >= 0.6 is 0 Å². The second kappa shape index (κ2) is 10.7. The van der Waals surface area contributed by atoms with E-state index >= 15 is 0 Å². The van der Waals surface area contributed by atoms with Crippen molar-refractivity contribution in [1.82, 2.24) is 0 Å². The molecule has 0 saturated carbocycles. The number of hydrogen-bond acceptors (Lipinski definition) is 11. The lowest BCUT2D eigenvalue weighted by Gasteiger charge is -2.39. The molecular formula is C22H26O11. The highest BCUT2D eigenvalue weighted by molar-refractivity contribution is 5.96. The monoisotopic (exact) mass is 466 g/mol. The Kier molecular flexibility index (Phi) is 7.95. The number of aliphatic hydroxyl groups excluding tert-OH is 4. The van der Waals surface area contributed by atoms with Crippen LogP contribution < -0.4 is 14.2 Å². The summed E-state index contributed by atoms with van der Waals surface area (Å²) in [6, 6.07) is 9.14. The number of carbonyl (C=O) groups is 1. The van der Waals surface area contributed by atoms with Gasteiger partial charge in [0, 0.05) is 5.56 Å². The fourth-order valence-corrected chi connectivity index (χ4v) is 3.37. The number of ether oxygens (including phenoxy) is 5. The molecule has 0 radical (unpaired) electrons. The molecule has 2 aromatic carbocycles. The normalized spacial score (nSPS) is 24.7. The van der Waals surface area contributed by atoms with Crippen molar-refractivity contribution in [3.05, 3.63) is 47.5 Å². The van der Waals surface area contributed by atoms with Crippen molar-refractivity contribution >= 4 is 5.97 Å². The first-order chi connectivity index (χ1) is 15.8. The number of hydrogen-bond donors (Lipinski definition) is 5. The summed E-state index contributed by atoms with van der Waals surface area (Å²) < 4.78 is 26.7. The number of methoxy groups -OCH3 is 2. The Hall–Kier alpha value is -3.09. The Morgan fingerprint density at radius 3 is 2.36 bits per heavy atom. The highest BCUT2D eigenvalue weighted by Gasteiger charge is 2.44. The van der Waals surface area contributed by atoms with Crippen molar-refractivity contribution in [2.75, 3.05) is 20.8 Å². The Balaban J connectivity index is 1.77. The van der Waals surface area contributed by atoms with Gasteiger partial charge in [-0.25, -0.2) is 4.79 Å². The summed E-state index contributed by atoms with van der Waals surface area (Å²) >= 11 is 0. The third-order valence-electron chi connectivity index (χ3n) is 5.15. The molecule has 1 fully saturated rings. The quantitative estimate of drug-likeness (QED) is 0.331. The van der Waals surface area contributed by atoms with Gasteiger partial charge in [-0.15, -0.1) is 0 Å². The topological polar surface area (TPSA) is 164 Å². The fourth-order valence-electron chi connectivity index (χ4n) is 3.37. The zero-order valence-electron chi connectivity index (χ0n) is 18.0. The Morgan fingerprint density at radius 2 is 1.70 bits per heavy atom. The van der Waals surface area contributed by atoms with Crippen molar-refractivity contribution in [1.29, 1.82) is 0 Å². The predicted molar refractivity (Wildman–Crippen MR) is 111 cm³/mol. The number of para-hydroxylation sites is 1. The lowest BCUT2D eigenvalue weighted by atomic mass is 9.99. The molecule has 180 valence electrons. The first-order valence-electron chi connectivity index (χ1n) is 9.98. The van der Waals surface area contributed by atoms with Crippen LogP contribution in [0.25, 0.3) is 0 Å². The number of carbonyl (C=O) groups excluding carboxylic acids is 1. The van der Waals surface area contributed by atoms with Crippen LogP contribution in [-0.2, 0) is 16.1 Å². The van der Waals surface area contributed by atoms with E-state index in [1.807, 2.05) is 0 Å². The maximum absolute atomic E-state index is 12.8. The van der Waals surface area contributed by atoms with Crippen LogP contribution in [0, 0.1) is 0 Å². The summed E-state index contributed by atoms with van der Waals surface area (Å²) in [5.74, 6) is -0.894. The minimum absolute atomic E-state index is 0.104. The van der Waals surface area contributed by atoms with Gasteiger partial charge in [-0.05, 0) is 18.2 Å². The molecule has 11 heteroatoms. The van der Waals surface area contributed by atoms with Gasteiger partial charge in [-0.3, -0.25) is 0 Å². The predicted octanol–water partition coefficient (Wildman–Crippen LogP) is -0.0549. The Bertz CT molecular complexity index is 961. The zero-order chi connectivity index (χ0) is 24.1. The minimum Gasteiger partial charge on any atom is -0.504 e. The van der Waals surface area contributed by atoms with Gasteiger partial charge in [0.15, 0.2) is 11.5 Å². The summed E-state index contributed by atoms with van der Waals surface area (Å²) in [7, 11) is 2.64. The largest absolute Gasteiger partial charge is 0.504 e. The molecule has 0 aliphatic carbocycles. The summed E-state index contributed by atoms with van der Waals surface area (Å²) in [5, 5.41) is 49.4. The van der Waals surface area contributed by atoms with Crippen LogP contribution in [0.5, 0.6) is 23.0 Å². The van der Waals surface area contributed by atoms with E-state index in [2.05, 4.69) is 0 Å². The number of phenolic OH excluding ortho intramolecular Hbond substituents is 1. The first kappa shape index (κ1) is 24.6. The van der Waals surface area contributed by atoms with E-state index in [0.29, 0.717) is 5.56 Å². The lowest BCUT2D eigenvalue weighted by Crippen LogP contribution is -2.60. The Labute approximate surface area is 189 Å². The standard InChI is InChI=1S/C22H26O11/c1-29-14-8-7-12(24)20(30-2)16(14)21(28)31-10-11-5-3-4-6-13(11)32-22-19(27)18(26)17(25)15(9-23)33-22/h3-8,15,17-19,22-27H,9-10H2,1-2H3/t15-,17-,18+,19-,22-/m1/s1. The number of aromatic hydroxyl groups is 1. The lowest BCUT2D eigenvalue weighted by molar-refractivity contribution is -0.277. The molecule has 1 heterocycles. The summed E-state index contributed by atoms with van der Waals surface area (Å²) in [6.45, 7) is -0.869. The number of aliphatic hydroxyl groups is 4. The SMILES string of the molecule is COc1ccc(O)c(OC)c1C(=O)OCc1ccccc1O[C@@H]1O[C@H](CO)[C@@H](O)[C@H](O)[C@H]1O. The second-order valence-electron chi connectivity index (χ2n) is 7.19. The van der Waals surface area contributed by atoms with E-state index in [-0.39, 0.29) is 35.2 Å². The molecule has 5 N–H and O–H groups in total. The summed E-state index contributed by atoms with van der Waals surface area (Å²) in [5.41, 5.74) is 0.285. The van der Waals surface area contributed by atoms with E-state index in [4.69, 9.17) is 23.7 Å². The maximum atomic E-state index is 12.8. The summed E-state index contributed by atoms with van der Waals surface area (Å²) in [6.07, 6.45) is -7.25. The van der Waals surface area contributed by atoms with Crippen molar-refractivity contribution in [3.8, 4) is 23.0 Å². The van der Waals surface area contributed by atoms with Gasteiger partial charge in [0.05, 0.1) is 20.8 Å². The van der Waals surface area contributed by atoms with Crippen molar-refractivity contribution < 1.29 is 54.0 Å². The molecule has 5 atom stereocenters. The molecule has 3 rings (SSSR count). The second-order valence-corrected chi connectivity index (χ2v) is 7.19. The van der Waals surface area contributed by atoms with Crippen LogP contribution in [0.4, 0.5) is 0 Å². The Morgan fingerprint density at radius 1 is 0.970 bits per heavy atom. The first-order valence-corrected chi connectivity index (χ1v) is 9.98. The van der Waals surface area contributed by atoms with E-state index in [9.17, 15) is 30.3 Å². The maximum Gasteiger partial charge on any atom is 0.346 e. The van der Waals surface area contributed by atoms with Gasteiger partial charge in [-0.1, -0.05) is 18.2 Å². The van der Waals surface area contributed by atoms with E-state index < -0.39 is 43.3 Å². The van der Waals surface area contributed by atoms with Crippen LogP contribution in [0.2, 0.25) is 0 Å². The molecule has 1 aliphatic heterocycles. The van der Waals surface area contributed by atoms with Gasteiger partial charge in [0.25, 0.3) is 0 Å². The third-order valence-corrected chi connectivity index (χ3v) is 5.15. The molecule has 0 amide bonds.